The number of rotatable bonds is 4. The Morgan fingerprint density at radius 1 is 1.28 bits per heavy atom. The van der Waals surface area contributed by atoms with Crippen molar-refractivity contribution < 1.29 is 17.9 Å². The first kappa shape index (κ1) is 15.7. The molecule has 0 aromatic carbocycles. The lowest BCUT2D eigenvalue weighted by Crippen LogP contribution is -2.57. The molecule has 0 amide bonds. The number of piperazine rings is 1. The summed E-state index contributed by atoms with van der Waals surface area (Å²) >= 11 is 0. The van der Waals surface area contributed by atoms with Gasteiger partial charge in [-0.2, -0.15) is 13.2 Å². The van der Waals surface area contributed by atoms with Crippen LogP contribution in [0.25, 0.3) is 0 Å². The van der Waals surface area contributed by atoms with Crippen molar-refractivity contribution >= 4 is 0 Å². The average molecular weight is 268 g/mol. The maximum Gasteiger partial charge on any atom is 0.411 e. The number of alkyl halides is 3. The monoisotopic (exact) mass is 268 g/mol. The lowest BCUT2D eigenvalue weighted by Gasteiger charge is -2.43. The summed E-state index contributed by atoms with van der Waals surface area (Å²) in [6, 6.07) is 0.334. The number of nitrogens with one attached hydrogen (secondary N) is 1. The van der Waals surface area contributed by atoms with Crippen LogP contribution in [0.2, 0.25) is 0 Å². The van der Waals surface area contributed by atoms with Crippen molar-refractivity contribution in [2.24, 2.45) is 5.41 Å². The summed E-state index contributed by atoms with van der Waals surface area (Å²) in [7, 11) is 0. The fourth-order valence-electron chi connectivity index (χ4n) is 2.24. The van der Waals surface area contributed by atoms with E-state index in [9.17, 15) is 13.2 Å². The van der Waals surface area contributed by atoms with E-state index in [-0.39, 0.29) is 12.0 Å². The summed E-state index contributed by atoms with van der Waals surface area (Å²) in [5.74, 6) is 0. The topological polar surface area (TPSA) is 24.5 Å². The molecule has 1 aliphatic rings. The number of ether oxygens (including phenoxy) is 1. The van der Waals surface area contributed by atoms with E-state index in [2.05, 4.69) is 35.7 Å². The minimum atomic E-state index is -4.23. The molecule has 0 radical (unpaired) electrons. The first-order chi connectivity index (χ1) is 8.20. The number of hydrogen-bond acceptors (Lipinski definition) is 3. The highest BCUT2D eigenvalue weighted by molar-refractivity contribution is 4.88. The molecule has 1 N–H and O–H groups in total. The molecule has 0 saturated carbocycles. The van der Waals surface area contributed by atoms with E-state index in [0.29, 0.717) is 12.6 Å². The van der Waals surface area contributed by atoms with E-state index in [1.807, 2.05) is 0 Å². The molecular formula is C12H23F3N2O. The van der Waals surface area contributed by atoms with Crippen LogP contribution < -0.4 is 5.32 Å². The summed E-state index contributed by atoms with van der Waals surface area (Å²) in [5, 5.41) is 3.32. The molecule has 1 rings (SSSR count). The van der Waals surface area contributed by atoms with Crippen LogP contribution in [0, 0.1) is 5.41 Å². The Kier molecular flexibility index (Phi) is 5.43. The predicted octanol–water partition coefficient (Wildman–Crippen LogP) is 1.89. The van der Waals surface area contributed by atoms with Crippen LogP contribution in [0.1, 0.15) is 20.8 Å². The Morgan fingerprint density at radius 2 is 1.94 bits per heavy atom. The van der Waals surface area contributed by atoms with Gasteiger partial charge in [0.2, 0.25) is 0 Å². The fraction of sp³-hybridized carbons (Fsp3) is 1.00. The van der Waals surface area contributed by atoms with Gasteiger partial charge < -0.3 is 10.1 Å². The molecule has 18 heavy (non-hydrogen) atoms. The van der Waals surface area contributed by atoms with Gasteiger partial charge in [0, 0.05) is 32.2 Å². The molecule has 1 unspecified atom stereocenters. The van der Waals surface area contributed by atoms with Crippen LogP contribution in [0.5, 0.6) is 0 Å². The molecule has 0 bridgehead atoms. The maximum absolute atomic E-state index is 11.9. The van der Waals surface area contributed by atoms with Gasteiger partial charge in [0.05, 0.1) is 6.61 Å². The summed E-state index contributed by atoms with van der Waals surface area (Å²) in [4.78, 5) is 2.22. The molecule has 0 aromatic rings. The SMILES string of the molecule is CC(C)(C)C1CNCCN1CCOCC(F)(F)F. The Bertz CT molecular complexity index is 251. The third kappa shape index (κ3) is 5.54. The van der Waals surface area contributed by atoms with Gasteiger partial charge in [-0.3, -0.25) is 4.90 Å². The number of halogens is 3. The molecule has 108 valence electrons. The van der Waals surface area contributed by atoms with Crippen molar-refractivity contribution in [3.8, 4) is 0 Å². The molecule has 1 saturated heterocycles. The van der Waals surface area contributed by atoms with Crippen molar-refractivity contribution in [3.05, 3.63) is 0 Å². The Hall–Kier alpha value is -0.330. The van der Waals surface area contributed by atoms with Crippen molar-refractivity contribution in [2.45, 2.75) is 33.0 Å². The lowest BCUT2D eigenvalue weighted by molar-refractivity contribution is -0.175. The molecule has 0 aliphatic carbocycles. The van der Waals surface area contributed by atoms with Crippen molar-refractivity contribution in [3.63, 3.8) is 0 Å². The first-order valence-electron chi connectivity index (χ1n) is 6.29. The zero-order chi connectivity index (χ0) is 13.8. The zero-order valence-electron chi connectivity index (χ0n) is 11.3. The van der Waals surface area contributed by atoms with Crippen molar-refractivity contribution in [1.82, 2.24) is 10.2 Å². The predicted molar refractivity (Wildman–Crippen MR) is 64.6 cm³/mol. The largest absolute Gasteiger partial charge is 0.411 e. The lowest BCUT2D eigenvalue weighted by atomic mass is 9.84. The molecule has 6 heteroatoms. The molecule has 0 aromatic heterocycles. The minimum Gasteiger partial charge on any atom is -0.371 e. The van der Waals surface area contributed by atoms with E-state index < -0.39 is 12.8 Å². The van der Waals surface area contributed by atoms with Crippen LogP contribution in [0.15, 0.2) is 0 Å². The summed E-state index contributed by atoms with van der Waals surface area (Å²) in [6.45, 7) is 8.59. The standard InChI is InChI=1S/C12H23F3N2O/c1-11(2,3)10-8-16-4-5-17(10)6-7-18-9-12(13,14)15/h10,16H,4-9H2,1-3H3. The second-order valence-corrected chi connectivity index (χ2v) is 5.79. The van der Waals surface area contributed by atoms with Gasteiger partial charge in [-0.25, -0.2) is 0 Å². The molecule has 3 nitrogen and oxygen atoms in total. The van der Waals surface area contributed by atoms with E-state index >= 15 is 0 Å². The zero-order valence-corrected chi connectivity index (χ0v) is 11.3. The highest BCUT2D eigenvalue weighted by Crippen LogP contribution is 2.25. The van der Waals surface area contributed by atoms with Gasteiger partial charge in [0.25, 0.3) is 0 Å². The second kappa shape index (κ2) is 6.21. The van der Waals surface area contributed by atoms with Crippen LogP contribution >= 0.6 is 0 Å². The summed E-state index contributed by atoms with van der Waals surface area (Å²) in [5.41, 5.74) is 0.109. The van der Waals surface area contributed by atoms with Gasteiger partial charge in [0.1, 0.15) is 6.61 Å². The third-order valence-corrected chi connectivity index (χ3v) is 3.14. The molecule has 1 fully saturated rings. The number of nitrogens with zero attached hydrogens (tertiary/aromatic N) is 1. The molecule has 0 spiro atoms. The third-order valence-electron chi connectivity index (χ3n) is 3.14. The Morgan fingerprint density at radius 3 is 2.50 bits per heavy atom. The number of hydrogen-bond donors (Lipinski definition) is 1. The maximum atomic E-state index is 11.9. The van der Waals surface area contributed by atoms with Crippen LogP contribution in [0.3, 0.4) is 0 Å². The normalized spacial score (nSPS) is 23.3. The van der Waals surface area contributed by atoms with E-state index in [1.165, 1.54) is 0 Å². The molecular weight excluding hydrogens is 245 g/mol. The summed E-state index contributed by atoms with van der Waals surface area (Å²) in [6.07, 6.45) is -4.23. The van der Waals surface area contributed by atoms with Gasteiger partial charge in [-0.05, 0) is 5.41 Å². The Labute approximate surface area is 107 Å². The van der Waals surface area contributed by atoms with Gasteiger partial charge in [0.15, 0.2) is 0 Å². The van der Waals surface area contributed by atoms with Crippen molar-refractivity contribution in [1.29, 1.82) is 0 Å². The van der Waals surface area contributed by atoms with E-state index in [0.717, 1.165) is 19.6 Å². The highest BCUT2D eigenvalue weighted by Gasteiger charge is 2.32. The Balaban J connectivity index is 2.34. The van der Waals surface area contributed by atoms with Crippen LogP contribution in [-0.4, -0.2) is 56.5 Å². The van der Waals surface area contributed by atoms with E-state index in [4.69, 9.17) is 0 Å². The van der Waals surface area contributed by atoms with Gasteiger partial charge in [-0.1, -0.05) is 20.8 Å². The van der Waals surface area contributed by atoms with Gasteiger partial charge in [-0.15, -0.1) is 0 Å². The molecule has 1 aliphatic heterocycles. The minimum absolute atomic E-state index is 0.109. The fourth-order valence-corrected chi connectivity index (χ4v) is 2.24. The highest BCUT2D eigenvalue weighted by atomic mass is 19.4. The van der Waals surface area contributed by atoms with Crippen LogP contribution in [-0.2, 0) is 4.74 Å². The van der Waals surface area contributed by atoms with Crippen LogP contribution in [0.4, 0.5) is 13.2 Å². The molecule has 1 atom stereocenters. The van der Waals surface area contributed by atoms with Gasteiger partial charge >= 0.3 is 6.18 Å². The first-order valence-corrected chi connectivity index (χ1v) is 6.29. The average Bonchev–Trinajstić information content (AvgIpc) is 2.22. The quantitative estimate of drug-likeness (QED) is 0.788. The van der Waals surface area contributed by atoms with E-state index in [1.54, 1.807) is 0 Å². The second-order valence-electron chi connectivity index (χ2n) is 5.79. The molecule has 1 heterocycles. The smallest absolute Gasteiger partial charge is 0.371 e. The van der Waals surface area contributed by atoms with Crippen molar-refractivity contribution in [2.75, 3.05) is 39.4 Å². The summed E-state index contributed by atoms with van der Waals surface area (Å²) < 4.78 is 40.5.